The number of nitrogens with two attached hydrogens (primary N) is 1. The summed E-state index contributed by atoms with van der Waals surface area (Å²) in [7, 11) is -5.07. The van der Waals surface area contributed by atoms with Gasteiger partial charge in [0.25, 0.3) is 0 Å². The molecule has 8 heteroatoms. The molecule has 2 unspecified atom stereocenters. The van der Waals surface area contributed by atoms with Gasteiger partial charge in [-0.25, -0.2) is 0 Å². The first-order valence-corrected chi connectivity index (χ1v) is 6.31. The minimum atomic E-state index is -5.07. The van der Waals surface area contributed by atoms with Gasteiger partial charge in [-0.1, -0.05) is 12.1 Å². The lowest BCUT2D eigenvalue weighted by atomic mass is 9.89. The van der Waals surface area contributed by atoms with Crippen LogP contribution in [0.3, 0.4) is 0 Å². The van der Waals surface area contributed by atoms with Crippen molar-refractivity contribution in [1.82, 2.24) is 0 Å². The van der Waals surface area contributed by atoms with E-state index in [4.69, 9.17) is 10.3 Å². The Morgan fingerprint density at radius 2 is 1.89 bits per heavy atom. The number of rotatable bonds is 1. The van der Waals surface area contributed by atoms with Crippen LogP contribution >= 0.6 is 0 Å². The standard InChI is InChI=1S/C10H11NO6S/c11-9-7(13)4-5-2-1-3-6(12)8(5)10(9,14)18(15,16)17/h1-4,9,12-14H,11H2,(H,15,16,17). The molecule has 0 spiro atoms. The average Bonchev–Trinajstić information content (AvgIpc) is 2.24. The Morgan fingerprint density at radius 3 is 2.44 bits per heavy atom. The van der Waals surface area contributed by atoms with E-state index in [1.165, 1.54) is 12.1 Å². The molecule has 0 radical (unpaired) electrons. The van der Waals surface area contributed by atoms with E-state index >= 15 is 0 Å². The molecule has 0 saturated carbocycles. The Balaban J connectivity index is 2.90. The highest BCUT2D eigenvalue weighted by Crippen LogP contribution is 2.43. The fourth-order valence-electron chi connectivity index (χ4n) is 1.96. The lowest BCUT2D eigenvalue weighted by molar-refractivity contribution is 0.0759. The number of hydrogen-bond donors (Lipinski definition) is 5. The van der Waals surface area contributed by atoms with Crippen LogP contribution in [-0.2, 0) is 15.1 Å². The highest BCUT2D eigenvalue weighted by atomic mass is 32.2. The van der Waals surface area contributed by atoms with Crippen molar-refractivity contribution < 1.29 is 28.3 Å². The normalized spacial score (nSPS) is 27.5. The lowest BCUT2D eigenvalue weighted by Crippen LogP contribution is -2.53. The largest absolute Gasteiger partial charge is 0.510 e. The van der Waals surface area contributed by atoms with E-state index in [9.17, 15) is 23.7 Å². The maximum Gasteiger partial charge on any atom is 0.301 e. The van der Waals surface area contributed by atoms with Crippen molar-refractivity contribution in [2.24, 2.45) is 5.73 Å². The number of aliphatic hydroxyl groups is 2. The summed E-state index contributed by atoms with van der Waals surface area (Å²) in [6, 6.07) is 2.08. The van der Waals surface area contributed by atoms with E-state index in [0.29, 0.717) is 0 Å². The van der Waals surface area contributed by atoms with Crippen molar-refractivity contribution >= 4 is 16.2 Å². The Bertz CT molecular complexity index is 638. The van der Waals surface area contributed by atoms with Gasteiger partial charge in [0, 0.05) is 0 Å². The number of aliphatic hydroxyl groups excluding tert-OH is 1. The molecule has 18 heavy (non-hydrogen) atoms. The quantitative estimate of drug-likeness (QED) is 0.441. The minimum absolute atomic E-state index is 0.0503. The van der Waals surface area contributed by atoms with E-state index < -0.39 is 38.2 Å². The Labute approximate surface area is 103 Å². The van der Waals surface area contributed by atoms with E-state index in [-0.39, 0.29) is 5.56 Å². The summed E-state index contributed by atoms with van der Waals surface area (Å²) in [4.78, 5) is -2.99. The molecule has 0 aliphatic heterocycles. The lowest BCUT2D eigenvalue weighted by Gasteiger charge is -2.35. The van der Waals surface area contributed by atoms with Gasteiger partial charge in [0.05, 0.1) is 5.56 Å². The van der Waals surface area contributed by atoms with Crippen LogP contribution in [0.1, 0.15) is 11.1 Å². The van der Waals surface area contributed by atoms with Gasteiger partial charge >= 0.3 is 10.1 Å². The highest BCUT2D eigenvalue weighted by molar-refractivity contribution is 7.86. The van der Waals surface area contributed by atoms with Crippen LogP contribution in [0.25, 0.3) is 6.08 Å². The van der Waals surface area contributed by atoms with Crippen LogP contribution in [0.4, 0.5) is 0 Å². The molecular formula is C10H11NO6S. The maximum absolute atomic E-state index is 11.4. The van der Waals surface area contributed by atoms with Gasteiger partial charge in [-0.15, -0.1) is 0 Å². The van der Waals surface area contributed by atoms with Crippen LogP contribution in [0.5, 0.6) is 5.75 Å². The summed E-state index contributed by atoms with van der Waals surface area (Å²) in [6.07, 6.45) is 1.11. The van der Waals surface area contributed by atoms with Crippen molar-refractivity contribution in [3.63, 3.8) is 0 Å². The van der Waals surface area contributed by atoms with Gasteiger partial charge in [-0.3, -0.25) is 4.55 Å². The van der Waals surface area contributed by atoms with E-state index in [1.807, 2.05) is 0 Å². The third-order valence-corrected chi connectivity index (χ3v) is 4.11. The second kappa shape index (κ2) is 3.69. The number of aromatic hydroxyl groups is 1. The predicted octanol–water partition coefficient (Wildman–Crippen LogP) is -0.335. The van der Waals surface area contributed by atoms with Crippen molar-refractivity contribution in [3.8, 4) is 5.75 Å². The maximum atomic E-state index is 11.4. The van der Waals surface area contributed by atoms with Gasteiger partial charge in [0.2, 0.25) is 4.93 Å². The molecule has 0 aromatic heterocycles. The van der Waals surface area contributed by atoms with Crippen molar-refractivity contribution in [1.29, 1.82) is 0 Å². The molecule has 2 atom stereocenters. The van der Waals surface area contributed by atoms with E-state index in [1.54, 1.807) is 0 Å². The van der Waals surface area contributed by atoms with Gasteiger partial charge in [0.15, 0.2) is 0 Å². The zero-order valence-electron chi connectivity index (χ0n) is 8.98. The number of phenolic OH excluding ortho intramolecular Hbond substituents is 1. The Morgan fingerprint density at radius 1 is 1.28 bits per heavy atom. The van der Waals surface area contributed by atoms with Crippen LogP contribution in [0, 0.1) is 0 Å². The second-order valence-electron chi connectivity index (χ2n) is 3.96. The topological polar surface area (TPSA) is 141 Å². The fourth-order valence-corrected chi connectivity index (χ4v) is 2.88. The van der Waals surface area contributed by atoms with Crippen LogP contribution in [-0.4, -0.2) is 34.3 Å². The molecular weight excluding hydrogens is 262 g/mol. The summed E-state index contributed by atoms with van der Waals surface area (Å²) in [5.74, 6) is -1.17. The van der Waals surface area contributed by atoms with E-state index in [2.05, 4.69) is 0 Å². The van der Waals surface area contributed by atoms with Crippen LogP contribution in [0.2, 0.25) is 0 Å². The molecule has 1 aliphatic carbocycles. The van der Waals surface area contributed by atoms with Crippen LogP contribution < -0.4 is 5.73 Å². The van der Waals surface area contributed by atoms with Crippen molar-refractivity contribution in [2.75, 3.05) is 0 Å². The molecule has 0 amide bonds. The second-order valence-corrected chi connectivity index (χ2v) is 5.53. The molecule has 1 aliphatic rings. The zero-order chi connectivity index (χ0) is 13.7. The molecule has 0 heterocycles. The SMILES string of the molecule is NC1C(O)=Cc2cccc(O)c2C1(O)S(=O)(=O)O. The van der Waals surface area contributed by atoms with Gasteiger partial charge in [0.1, 0.15) is 17.6 Å². The first kappa shape index (κ1) is 12.8. The molecule has 7 nitrogen and oxygen atoms in total. The van der Waals surface area contributed by atoms with Gasteiger partial charge in [-0.05, 0) is 17.7 Å². The first-order chi connectivity index (χ1) is 8.19. The summed E-state index contributed by atoms with van der Waals surface area (Å²) < 4.78 is 31.9. The molecule has 98 valence electrons. The smallest absolute Gasteiger partial charge is 0.301 e. The molecule has 1 aromatic carbocycles. The Hall–Kier alpha value is -1.61. The summed E-state index contributed by atoms with van der Waals surface area (Å²) >= 11 is 0. The third-order valence-electron chi connectivity index (χ3n) is 2.87. The molecule has 0 saturated heterocycles. The minimum Gasteiger partial charge on any atom is -0.510 e. The van der Waals surface area contributed by atoms with E-state index in [0.717, 1.165) is 12.1 Å². The summed E-state index contributed by atoms with van der Waals surface area (Å²) in [5, 5.41) is 29.3. The predicted molar refractivity (Wildman–Crippen MR) is 62.1 cm³/mol. The summed E-state index contributed by atoms with van der Waals surface area (Å²) in [5.41, 5.74) is 5.00. The highest BCUT2D eigenvalue weighted by Gasteiger charge is 2.54. The van der Waals surface area contributed by atoms with Crippen LogP contribution in [0.15, 0.2) is 24.0 Å². The average molecular weight is 273 g/mol. The number of phenols is 1. The molecule has 0 bridgehead atoms. The van der Waals surface area contributed by atoms with Crippen molar-refractivity contribution in [2.45, 2.75) is 11.0 Å². The van der Waals surface area contributed by atoms with Gasteiger partial charge in [-0.2, -0.15) is 8.42 Å². The number of hydrogen-bond acceptors (Lipinski definition) is 6. The fraction of sp³-hybridized carbons (Fsp3) is 0.200. The molecule has 0 fully saturated rings. The summed E-state index contributed by atoms with van der Waals surface area (Å²) in [6.45, 7) is 0. The Kier molecular flexibility index (Phi) is 2.63. The third kappa shape index (κ3) is 1.51. The number of fused-ring (bicyclic) bond motifs is 1. The monoisotopic (exact) mass is 273 g/mol. The van der Waals surface area contributed by atoms with Gasteiger partial charge < -0.3 is 21.1 Å². The van der Waals surface area contributed by atoms with Crippen molar-refractivity contribution in [3.05, 3.63) is 35.1 Å². The molecule has 6 N–H and O–H groups in total. The first-order valence-electron chi connectivity index (χ1n) is 4.87. The number of benzene rings is 1. The molecule has 2 rings (SSSR count). The zero-order valence-corrected chi connectivity index (χ0v) is 9.79. The molecule has 1 aromatic rings.